The van der Waals surface area contributed by atoms with Gasteiger partial charge in [0.15, 0.2) is 5.82 Å². The average Bonchev–Trinajstić information content (AvgIpc) is 3.08. The highest BCUT2D eigenvalue weighted by molar-refractivity contribution is 6.05. The molecule has 32 heavy (non-hydrogen) atoms. The van der Waals surface area contributed by atoms with Crippen molar-refractivity contribution in [2.75, 3.05) is 18.4 Å². The molecule has 1 aliphatic heterocycles. The van der Waals surface area contributed by atoms with Gasteiger partial charge in [-0.05, 0) is 63.1 Å². The van der Waals surface area contributed by atoms with E-state index in [0.717, 1.165) is 43.0 Å². The van der Waals surface area contributed by atoms with Crippen molar-refractivity contribution in [3.05, 3.63) is 65.5 Å². The monoisotopic (exact) mass is 431 g/mol. The maximum atomic E-state index is 12.8. The van der Waals surface area contributed by atoms with Crippen LogP contribution in [-0.4, -0.2) is 44.6 Å². The number of amides is 2. The van der Waals surface area contributed by atoms with Gasteiger partial charge in [-0.1, -0.05) is 18.6 Å². The lowest BCUT2D eigenvalue weighted by atomic mass is 10.1. The van der Waals surface area contributed by atoms with E-state index >= 15 is 0 Å². The number of fused-ring (bicyclic) bond motifs is 1. The Labute approximate surface area is 188 Å². The molecule has 0 saturated heterocycles. The Morgan fingerprint density at radius 2 is 1.72 bits per heavy atom. The molecule has 2 aromatic carbocycles. The molecule has 0 saturated carbocycles. The zero-order valence-corrected chi connectivity index (χ0v) is 18.7. The molecule has 0 fully saturated rings. The lowest BCUT2D eigenvalue weighted by Crippen LogP contribution is -2.30. The Morgan fingerprint density at radius 1 is 0.969 bits per heavy atom. The summed E-state index contributed by atoms with van der Waals surface area (Å²) in [4.78, 5) is 27.0. The van der Waals surface area contributed by atoms with Crippen molar-refractivity contribution in [2.24, 2.45) is 0 Å². The minimum Gasteiger partial charge on any atom is -0.339 e. The number of aryl methyl sites for hydroxylation is 1. The zero-order valence-electron chi connectivity index (χ0n) is 18.7. The topological polar surface area (TPSA) is 80.1 Å². The number of aromatic nitrogens is 3. The van der Waals surface area contributed by atoms with Gasteiger partial charge in [0.1, 0.15) is 5.82 Å². The SMILES string of the molecule is CCN(CC)C(=O)c1ccc(C(=O)Nc2cccc(-c3nnc4n3CCCCC4)c2)cc1. The lowest BCUT2D eigenvalue weighted by molar-refractivity contribution is 0.0772. The quantitative estimate of drug-likeness (QED) is 0.627. The van der Waals surface area contributed by atoms with Crippen LogP contribution in [0.3, 0.4) is 0 Å². The van der Waals surface area contributed by atoms with E-state index in [-0.39, 0.29) is 11.8 Å². The Bertz CT molecular complexity index is 1100. The third-order valence-corrected chi connectivity index (χ3v) is 5.93. The predicted molar refractivity (Wildman–Crippen MR) is 125 cm³/mol. The van der Waals surface area contributed by atoms with Crippen LogP contribution in [0, 0.1) is 0 Å². The molecule has 0 atom stereocenters. The minimum atomic E-state index is -0.218. The largest absolute Gasteiger partial charge is 0.339 e. The number of hydrogen-bond acceptors (Lipinski definition) is 4. The van der Waals surface area contributed by atoms with E-state index in [1.54, 1.807) is 29.2 Å². The van der Waals surface area contributed by atoms with Crippen LogP contribution < -0.4 is 5.32 Å². The molecule has 0 unspecified atom stereocenters. The molecule has 0 radical (unpaired) electrons. The van der Waals surface area contributed by atoms with Crippen molar-refractivity contribution >= 4 is 17.5 Å². The van der Waals surface area contributed by atoms with Gasteiger partial charge in [0.05, 0.1) is 0 Å². The molecule has 7 nitrogen and oxygen atoms in total. The molecule has 2 amide bonds. The van der Waals surface area contributed by atoms with E-state index in [1.807, 2.05) is 38.1 Å². The Hall–Kier alpha value is -3.48. The second-order valence-electron chi connectivity index (χ2n) is 7.99. The van der Waals surface area contributed by atoms with Gasteiger partial charge in [-0.3, -0.25) is 9.59 Å². The summed E-state index contributed by atoms with van der Waals surface area (Å²) >= 11 is 0. The average molecular weight is 432 g/mol. The Kier molecular flexibility index (Phi) is 6.63. The van der Waals surface area contributed by atoms with Crippen molar-refractivity contribution in [2.45, 2.75) is 46.1 Å². The van der Waals surface area contributed by atoms with E-state index in [2.05, 4.69) is 20.1 Å². The summed E-state index contributed by atoms with van der Waals surface area (Å²) in [6.07, 6.45) is 4.43. The van der Waals surface area contributed by atoms with Gasteiger partial charge in [-0.2, -0.15) is 0 Å². The molecular formula is C25H29N5O2. The highest BCUT2D eigenvalue weighted by Gasteiger charge is 2.17. The van der Waals surface area contributed by atoms with E-state index in [4.69, 9.17) is 0 Å². The summed E-state index contributed by atoms with van der Waals surface area (Å²) in [6, 6.07) is 14.5. The highest BCUT2D eigenvalue weighted by Crippen LogP contribution is 2.25. The number of carbonyl (C=O) groups is 2. The third kappa shape index (κ3) is 4.56. The van der Waals surface area contributed by atoms with Crippen molar-refractivity contribution in [1.29, 1.82) is 0 Å². The molecule has 1 aromatic heterocycles. The van der Waals surface area contributed by atoms with Crippen LogP contribution in [0.15, 0.2) is 48.5 Å². The van der Waals surface area contributed by atoms with Gasteiger partial charge in [-0.15, -0.1) is 10.2 Å². The number of nitrogens with zero attached hydrogens (tertiary/aromatic N) is 4. The molecule has 7 heteroatoms. The number of hydrogen-bond donors (Lipinski definition) is 1. The number of nitrogens with one attached hydrogen (secondary N) is 1. The van der Waals surface area contributed by atoms with Crippen LogP contribution >= 0.6 is 0 Å². The summed E-state index contributed by atoms with van der Waals surface area (Å²) in [5.41, 5.74) is 2.72. The fourth-order valence-corrected chi connectivity index (χ4v) is 4.10. The van der Waals surface area contributed by atoms with Gasteiger partial charge in [0.25, 0.3) is 11.8 Å². The molecular weight excluding hydrogens is 402 g/mol. The normalized spacial score (nSPS) is 13.2. The summed E-state index contributed by atoms with van der Waals surface area (Å²) in [5.74, 6) is 1.63. The van der Waals surface area contributed by atoms with Gasteiger partial charge in [-0.25, -0.2) is 0 Å². The molecule has 0 bridgehead atoms. The second-order valence-corrected chi connectivity index (χ2v) is 7.99. The first kappa shape index (κ1) is 21.7. The predicted octanol–water partition coefficient (Wildman–Crippen LogP) is 4.41. The maximum absolute atomic E-state index is 12.8. The summed E-state index contributed by atoms with van der Waals surface area (Å²) < 4.78 is 2.19. The maximum Gasteiger partial charge on any atom is 0.255 e. The van der Waals surface area contributed by atoms with E-state index < -0.39 is 0 Å². The van der Waals surface area contributed by atoms with Crippen LogP contribution in [0.5, 0.6) is 0 Å². The fourth-order valence-electron chi connectivity index (χ4n) is 4.10. The van der Waals surface area contributed by atoms with Crippen molar-refractivity contribution in [3.63, 3.8) is 0 Å². The van der Waals surface area contributed by atoms with Crippen LogP contribution in [0.2, 0.25) is 0 Å². The number of rotatable bonds is 6. The molecule has 1 aliphatic rings. The van der Waals surface area contributed by atoms with Crippen LogP contribution in [0.4, 0.5) is 5.69 Å². The first-order valence-corrected chi connectivity index (χ1v) is 11.3. The zero-order chi connectivity index (χ0) is 22.5. The van der Waals surface area contributed by atoms with Gasteiger partial charge in [0.2, 0.25) is 0 Å². The molecule has 1 N–H and O–H groups in total. The van der Waals surface area contributed by atoms with Gasteiger partial charge < -0.3 is 14.8 Å². The Morgan fingerprint density at radius 3 is 2.47 bits per heavy atom. The highest BCUT2D eigenvalue weighted by atomic mass is 16.2. The van der Waals surface area contributed by atoms with Crippen LogP contribution in [0.25, 0.3) is 11.4 Å². The number of benzene rings is 2. The number of anilines is 1. The van der Waals surface area contributed by atoms with Gasteiger partial charge in [0, 0.05) is 48.4 Å². The third-order valence-electron chi connectivity index (χ3n) is 5.93. The standard InChI is InChI=1S/C25H29N5O2/c1-3-29(4-2)25(32)19-14-12-18(13-15-19)24(31)26-21-10-8-9-20(17-21)23-28-27-22-11-6-5-7-16-30(22)23/h8-10,12-15,17H,3-7,11,16H2,1-2H3,(H,26,31). The second kappa shape index (κ2) is 9.77. The molecule has 2 heterocycles. The first-order valence-electron chi connectivity index (χ1n) is 11.3. The first-order chi connectivity index (χ1) is 15.6. The molecule has 0 spiro atoms. The molecule has 3 aromatic rings. The van der Waals surface area contributed by atoms with Crippen LogP contribution in [-0.2, 0) is 13.0 Å². The number of carbonyl (C=O) groups excluding carboxylic acids is 2. The van der Waals surface area contributed by atoms with E-state index in [0.29, 0.717) is 29.9 Å². The summed E-state index contributed by atoms with van der Waals surface area (Å²) in [7, 11) is 0. The summed E-state index contributed by atoms with van der Waals surface area (Å²) in [6.45, 7) is 6.14. The van der Waals surface area contributed by atoms with Crippen molar-refractivity contribution in [3.8, 4) is 11.4 Å². The Balaban J connectivity index is 1.49. The molecule has 0 aliphatic carbocycles. The van der Waals surface area contributed by atoms with Crippen molar-refractivity contribution < 1.29 is 9.59 Å². The smallest absolute Gasteiger partial charge is 0.255 e. The van der Waals surface area contributed by atoms with E-state index in [1.165, 1.54) is 6.42 Å². The van der Waals surface area contributed by atoms with Gasteiger partial charge >= 0.3 is 0 Å². The van der Waals surface area contributed by atoms with Crippen molar-refractivity contribution in [1.82, 2.24) is 19.7 Å². The summed E-state index contributed by atoms with van der Waals surface area (Å²) in [5, 5.41) is 11.7. The minimum absolute atomic E-state index is 0.0258. The molecule has 4 rings (SSSR count). The van der Waals surface area contributed by atoms with E-state index in [9.17, 15) is 9.59 Å². The van der Waals surface area contributed by atoms with Crippen LogP contribution in [0.1, 0.15) is 59.7 Å². The fraction of sp³-hybridized carbons (Fsp3) is 0.360. The molecule has 166 valence electrons. The lowest BCUT2D eigenvalue weighted by Gasteiger charge is -2.18.